The number of hydrogen-bond acceptors (Lipinski definition) is 5. The van der Waals surface area contributed by atoms with Crippen LogP contribution in [0.25, 0.3) is 93.3 Å². The average Bonchev–Trinajstić information content (AvgIpc) is 3.77. The molecule has 9 aromatic carbocycles. The van der Waals surface area contributed by atoms with Gasteiger partial charge in [-0.05, 0) is 101 Å². The van der Waals surface area contributed by atoms with Crippen LogP contribution >= 0.6 is 0 Å². The van der Waals surface area contributed by atoms with Crippen LogP contribution in [0.5, 0.6) is 0 Å². The number of benzene rings is 9. The van der Waals surface area contributed by atoms with Gasteiger partial charge in [-0.2, -0.15) is 10.5 Å². The summed E-state index contributed by atoms with van der Waals surface area (Å²) in [5.41, 5.74) is 14.6. The van der Waals surface area contributed by atoms with Crippen molar-refractivity contribution in [3.63, 3.8) is 0 Å². The first-order valence-corrected chi connectivity index (χ1v) is 22.5. The lowest BCUT2D eigenvalue weighted by Crippen LogP contribution is -2.09. The summed E-state index contributed by atoms with van der Waals surface area (Å²) in [5.74, 6) is 0.478. The van der Waals surface area contributed by atoms with Gasteiger partial charge in [-0.3, -0.25) is 0 Å². The molecular formula is C62H36N8. The van der Waals surface area contributed by atoms with Gasteiger partial charge in [0.25, 0.3) is 0 Å². The second-order valence-electron chi connectivity index (χ2n) is 16.6. The topological polar surface area (TPSA) is 90.2 Å². The molecule has 11 aromatic rings. The van der Waals surface area contributed by atoms with Gasteiger partial charge in [0, 0.05) is 50.2 Å². The summed E-state index contributed by atoms with van der Waals surface area (Å²) in [7, 11) is 0. The third-order valence-corrected chi connectivity index (χ3v) is 12.5. The molecule has 0 spiro atoms. The Kier molecular flexibility index (Phi) is 10.9. The molecule has 324 valence electrons. The molecule has 0 radical (unpaired) electrons. The van der Waals surface area contributed by atoms with E-state index in [0.29, 0.717) is 45.3 Å². The molecule has 0 aliphatic rings. The Labute approximate surface area is 404 Å². The van der Waals surface area contributed by atoms with Gasteiger partial charge in [0.2, 0.25) is 0 Å². The van der Waals surface area contributed by atoms with Crippen LogP contribution in [-0.4, -0.2) is 14.5 Å². The van der Waals surface area contributed by atoms with Crippen LogP contribution in [0.1, 0.15) is 11.1 Å². The first-order chi connectivity index (χ1) is 34.5. The lowest BCUT2D eigenvalue weighted by Gasteiger charge is -2.25. The number of fused-ring (bicyclic) bond motifs is 3. The summed E-state index contributed by atoms with van der Waals surface area (Å²) in [6, 6.07) is 76.5. The highest BCUT2D eigenvalue weighted by Gasteiger charge is 2.21. The van der Waals surface area contributed by atoms with Gasteiger partial charge in [-0.25, -0.2) is 19.7 Å². The van der Waals surface area contributed by atoms with E-state index in [0.717, 1.165) is 77.9 Å². The lowest BCUT2D eigenvalue weighted by atomic mass is 9.92. The zero-order chi connectivity index (χ0) is 47.6. The summed E-state index contributed by atoms with van der Waals surface area (Å²) in [6.07, 6.45) is 0. The van der Waals surface area contributed by atoms with Crippen LogP contribution in [0.15, 0.2) is 218 Å². The molecule has 2 heterocycles. The SMILES string of the molecule is [C-]#[N+]c1cccc(-c2cc(-c3ccc(-c4ccc(-c5c(C#N)cc(-n6c7ccccc7c7cc(N(c8ccccc8)c8ccccc8)ccc76)cc5C#N)cc4)cc3)nc(-c3cccc([N+]#[C-])c3)n2)c1. The molecule has 0 N–H and O–H groups in total. The van der Waals surface area contributed by atoms with E-state index >= 15 is 0 Å². The maximum atomic E-state index is 10.7. The van der Waals surface area contributed by atoms with E-state index in [2.05, 4.69) is 85.9 Å². The van der Waals surface area contributed by atoms with Crippen molar-refractivity contribution in [3.05, 3.63) is 252 Å². The molecule has 0 saturated carbocycles. The van der Waals surface area contributed by atoms with Crippen molar-refractivity contribution in [3.8, 4) is 74.0 Å². The maximum absolute atomic E-state index is 10.7. The molecule has 0 amide bonds. The van der Waals surface area contributed by atoms with E-state index < -0.39 is 0 Å². The third-order valence-electron chi connectivity index (χ3n) is 12.5. The number of rotatable bonds is 9. The molecule has 0 saturated heterocycles. The summed E-state index contributed by atoms with van der Waals surface area (Å²) >= 11 is 0. The number of anilines is 3. The number of nitriles is 2. The molecule has 0 aliphatic carbocycles. The van der Waals surface area contributed by atoms with Gasteiger partial charge < -0.3 is 9.47 Å². The maximum Gasteiger partial charge on any atom is 0.187 e. The van der Waals surface area contributed by atoms with Crippen LogP contribution in [0.2, 0.25) is 0 Å². The van der Waals surface area contributed by atoms with Crippen molar-refractivity contribution in [1.82, 2.24) is 14.5 Å². The molecular weight excluding hydrogens is 857 g/mol. The lowest BCUT2D eigenvalue weighted by molar-refractivity contribution is 1.17. The number of nitrogens with zero attached hydrogens (tertiary/aromatic N) is 8. The highest BCUT2D eigenvalue weighted by Crippen LogP contribution is 2.41. The van der Waals surface area contributed by atoms with E-state index in [-0.39, 0.29) is 0 Å². The summed E-state index contributed by atoms with van der Waals surface area (Å²) in [4.78, 5) is 19.3. The summed E-state index contributed by atoms with van der Waals surface area (Å²) in [5, 5.41) is 23.5. The van der Waals surface area contributed by atoms with Crippen molar-refractivity contribution in [2.75, 3.05) is 4.90 Å². The van der Waals surface area contributed by atoms with E-state index in [1.165, 1.54) is 0 Å². The molecule has 8 nitrogen and oxygen atoms in total. The van der Waals surface area contributed by atoms with Crippen LogP contribution in [-0.2, 0) is 0 Å². The second-order valence-corrected chi connectivity index (χ2v) is 16.6. The minimum atomic E-state index is 0.401. The molecule has 0 unspecified atom stereocenters. The van der Waals surface area contributed by atoms with Gasteiger partial charge in [-0.15, -0.1) is 0 Å². The Hall–Kier alpha value is -10.4. The van der Waals surface area contributed by atoms with Gasteiger partial charge in [0.15, 0.2) is 17.2 Å². The highest BCUT2D eigenvalue weighted by molar-refractivity contribution is 6.11. The first-order valence-electron chi connectivity index (χ1n) is 22.5. The molecule has 0 aliphatic heterocycles. The molecule has 70 heavy (non-hydrogen) atoms. The number of hydrogen-bond donors (Lipinski definition) is 0. The predicted octanol–water partition coefficient (Wildman–Crippen LogP) is 16.2. The van der Waals surface area contributed by atoms with E-state index in [4.69, 9.17) is 23.1 Å². The predicted molar refractivity (Wildman–Crippen MR) is 280 cm³/mol. The molecule has 0 bridgehead atoms. The zero-order valence-corrected chi connectivity index (χ0v) is 37.4. The molecule has 0 fully saturated rings. The summed E-state index contributed by atoms with van der Waals surface area (Å²) < 4.78 is 2.14. The minimum absolute atomic E-state index is 0.401. The second kappa shape index (κ2) is 18.1. The zero-order valence-electron chi connectivity index (χ0n) is 37.4. The van der Waals surface area contributed by atoms with E-state index in [1.54, 1.807) is 18.2 Å². The largest absolute Gasteiger partial charge is 0.310 e. The Bertz CT molecular complexity index is 3830. The fraction of sp³-hybridized carbons (Fsp3) is 0. The van der Waals surface area contributed by atoms with Gasteiger partial charge >= 0.3 is 0 Å². The Balaban J connectivity index is 0.930. The Morgan fingerprint density at radius 3 is 1.53 bits per heavy atom. The standard InChI is InChI=1S/C62H36N8/c1-65-49-15-11-13-45(33-49)58-38-57(67-62(68-58)46-14-12-16-50(34-46)66-2)43-27-23-41(24-28-43)42-25-29-44(30-26-42)61-47(39-63)35-54(36-48(61)40-64)70-59-22-10-9-21-55(59)56-37-53(31-32-60(56)70)69(51-17-5-3-6-18-51)52-19-7-4-8-20-52/h3-38H. The van der Waals surface area contributed by atoms with Crippen LogP contribution in [0.4, 0.5) is 28.4 Å². The third kappa shape index (κ3) is 7.83. The average molecular weight is 893 g/mol. The van der Waals surface area contributed by atoms with Crippen LogP contribution in [0.3, 0.4) is 0 Å². The smallest absolute Gasteiger partial charge is 0.187 e. The summed E-state index contributed by atoms with van der Waals surface area (Å²) in [6.45, 7) is 15.1. The van der Waals surface area contributed by atoms with Crippen LogP contribution in [0, 0.1) is 35.8 Å². The number of aromatic nitrogens is 3. The first kappa shape index (κ1) is 42.3. The van der Waals surface area contributed by atoms with E-state index in [9.17, 15) is 10.5 Å². The quantitative estimate of drug-likeness (QED) is 0.135. The fourth-order valence-electron chi connectivity index (χ4n) is 9.21. The number of para-hydroxylation sites is 3. The van der Waals surface area contributed by atoms with Gasteiger partial charge in [0.1, 0.15) is 0 Å². The molecule has 8 heteroatoms. The van der Waals surface area contributed by atoms with Crippen molar-refractivity contribution >= 4 is 50.2 Å². The molecule has 0 atom stereocenters. The van der Waals surface area contributed by atoms with Gasteiger partial charge in [0.05, 0.1) is 58.8 Å². The molecule has 11 rings (SSSR count). The molecule has 2 aromatic heterocycles. The van der Waals surface area contributed by atoms with Crippen molar-refractivity contribution in [2.45, 2.75) is 0 Å². The van der Waals surface area contributed by atoms with E-state index in [1.807, 2.05) is 146 Å². The van der Waals surface area contributed by atoms with Crippen molar-refractivity contribution in [2.24, 2.45) is 0 Å². The van der Waals surface area contributed by atoms with Gasteiger partial charge in [-0.1, -0.05) is 140 Å². The normalized spacial score (nSPS) is 10.8. The monoisotopic (exact) mass is 892 g/mol. The minimum Gasteiger partial charge on any atom is -0.310 e. The Morgan fingerprint density at radius 2 is 0.929 bits per heavy atom. The fourth-order valence-corrected chi connectivity index (χ4v) is 9.21. The van der Waals surface area contributed by atoms with Crippen molar-refractivity contribution < 1.29 is 0 Å². The Morgan fingerprint density at radius 1 is 0.414 bits per heavy atom. The van der Waals surface area contributed by atoms with Crippen LogP contribution < -0.4 is 4.90 Å². The highest BCUT2D eigenvalue weighted by atomic mass is 15.1. The van der Waals surface area contributed by atoms with Crippen molar-refractivity contribution in [1.29, 1.82) is 10.5 Å².